The van der Waals surface area contributed by atoms with Crippen LogP contribution in [0, 0.1) is 0 Å². The summed E-state index contributed by atoms with van der Waals surface area (Å²) >= 11 is 0. The number of anilines is 1. The molecule has 0 atom stereocenters. The number of rotatable bonds is 5. The van der Waals surface area contributed by atoms with Gasteiger partial charge in [-0.2, -0.15) is 0 Å². The zero-order valence-corrected chi connectivity index (χ0v) is 13.1. The molecular weight excluding hydrogens is 282 g/mol. The van der Waals surface area contributed by atoms with Crippen LogP contribution in [0.4, 0.5) is 5.69 Å². The summed E-state index contributed by atoms with van der Waals surface area (Å²) in [6, 6.07) is 4.89. The molecule has 3 N–H and O–H groups in total. The Labute approximate surface area is 130 Å². The second kappa shape index (κ2) is 7.15. The van der Waals surface area contributed by atoms with Crippen LogP contribution in [0.5, 0.6) is 5.75 Å². The lowest BCUT2D eigenvalue weighted by atomic mass is 10.1. The summed E-state index contributed by atoms with van der Waals surface area (Å²) < 4.78 is 5.48. The quantitative estimate of drug-likeness (QED) is 0.806. The molecule has 1 aromatic rings. The van der Waals surface area contributed by atoms with Gasteiger partial charge in [-0.05, 0) is 44.9 Å². The number of nitrogens with two attached hydrogens (primary N) is 1. The van der Waals surface area contributed by atoms with Crippen LogP contribution >= 0.6 is 0 Å². The van der Waals surface area contributed by atoms with E-state index in [2.05, 4.69) is 5.32 Å². The molecule has 6 heteroatoms. The molecule has 0 radical (unpaired) electrons. The van der Waals surface area contributed by atoms with E-state index in [-0.39, 0.29) is 24.5 Å². The smallest absolute Gasteiger partial charge is 0.260 e. The van der Waals surface area contributed by atoms with E-state index in [1.54, 1.807) is 23.1 Å². The number of carbonyl (C=O) groups is 2. The summed E-state index contributed by atoms with van der Waals surface area (Å²) in [6.07, 6.45) is 2.10. The molecule has 1 aliphatic rings. The number of nitrogens with one attached hydrogen (secondary N) is 1. The summed E-state index contributed by atoms with van der Waals surface area (Å²) in [7, 11) is 0. The Morgan fingerprint density at radius 1 is 1.32 bits per heavy atom. The molecule has 6 nitrogen and oxygen atoms in total. The maximum Gasteiger partial charge on any atom is 0.260 e. The Kier molecular flexibility index (Phi) is 5.25. The lowest BCUT2D eigenvalue weighted by Gasteiger charge is -2.16. The van der Waals surface area contributed by atoms with Gasteiger partial charge in [0.2, 0.25) is 0 Å². The average Bonchev–Trinajstić information content (AvgIpc) is 2.99. The first-order chi connectivity index (χ1) is 10.5. The Morgan fingerprint density at radius 3 is 2.59 bits per heavy atom. The second-order valence-electron chi connectivity index (χ2n) is 5.76. The summed E-state index contributed by atoms with van der Waals surface area (Å²) in [4.78, 5) is 25.6. The van der Waals surface area contributed by atoms with Gasteiger partial charge in [-0.3, -0.25) is 9.59 Å². The highest BCUT2D eigenvalue weighted by atomic mass is 16.5. The molecule has 1 fully saturated rings. The molecule has 0 saturated carbocycles. The van der Waals surface area contributed by atoms with Gasteiger partial charge in [0, 0.05) is 24.7 Å². The van der Waals surface area contributed by atoms with Crippen LogP contribution in [-0.4, -0.2) is 42.5 Å². The molecule has 0 spiro atoms. The van der Waals surface area contributed by atoms with Gasteiger partial charge in [0.05, 0.1) is 5.69 Å². The Balaban J connectivity index is 1.94. The highest BCUT2D eigenvalue weighted by Gasteiger charge is 2.18. The summed E-state index contributed by atoms with van der Waals surface area (Å²) in [5.74, 6) is 0.216. The Bertz CT molecular complexity index is 552. The molecule has 2 amide bonds. The highest BCUT2D eigenvalue weighted by Crippen LogP contribution is 2.23. The minimum Gasteiger partial charge on any atom is -0.482 e. The molecule has 1 heterocycles. The number of nitrogens with zero attached hydrogens (tertiary/aromatic N) is 1. The highest BCUT2D eigenvalue weighted by molar-refractivity contribution is 5.95. The first-order valence-electron chi connectivity index (χ1n) is 7.58. The van der Waals surface area contributed by atoms with Gasteiger partial charge in [-0.1, -0.05) is 0 Å². The van der Waals surface area contributed by atoms with Crippen LogP contribution in [0.2, 0.25) is 0 Å². The fourth-order valence-electron chi connectivity index (χ4n) is 2.36. The first-order valence-corrected chi connectivity index (χ1v) is 7.58. The summed E-state index contributed by atoms with van der Waals surface area (Å²) in [5.41, 5.74) is 6.73. The number of benzene rings is 1. The van der Waals surface area contributed by atoms with Crippen LogP contribution in [0.25, 0.3) is 0 Å². The van der Waals surface area contributed by atoms with Gasteiger partial charge >= 0.3 is 0 Å². The van der Waals surface area contributed by atoms with Crippen LogP contribution in [0.15, 0.2) is 18.2 Å². The third kappa shape index (κ3) is 4.13. The van der Waals surface area contributed by atoms with Gasteiger partial charge in [-0.15, -0.1) is 0 Å². The monoisotopic (exact) mass is 305 g/mol. The SMILES string of the molecule is CC(C)NC(=O)c1ccc(OCC(=O)N2CCCC2)c(N)c1. The predicted octanol–water partition coefficient (Wildman–Crippen LogP) is 1.41. The number of hydrogen-bond donors (Lipinski definition) is 2. The van der Waals surface area contributed by atoms with Crippen molar-refractivity contribution >= 4 is 17.5 Å². The maximum absolute atomic E-state index is 11.9. The van der Waals surface area contributed by atoms with Gasteiger partial charge in [-0.25, -0.2) is 0 Å². The number of carbonyl (C=O) groups excluding carboxylic acids is 2. The molecule has 1 saturated heterocycles. The molecular formula is C16H23N3O3. The van der Waals surface area contributed by atoms with Crippen molar-refractivity contribution in [3.8, 4) is 5.75 Å². The van der Waals surface area contributed by atoms with Crippen LogP contribution in [-0.2, 0) is 4.79 Å². The molecule has 1 aromatic carbocycles. The van der Waals surface area contributed by atoms with Crippen LogP contribution < -0.4 is 15.8 Å². The number of likely N-dealkylation sites (tertiary alicyclic amines) is 1. The largest absolute Gasteiger partial charge is 0.482 e. The molecule has 0 bridgehead atoms. The zero-order valence-electron chi connectivity index (χ0n) is 13.1. The maximum atomic E-state index is 11.9. The van der Waals surface area contributed by atoms with E-state index in [1.807, 2.05) is 13.8 Å². The van der Waals surface area contributed by atoms with E-state index in [4.69, 9.17) is 10.5 Å². The molecule has 0 unspecified atom stereocenters. The van der Waals surface area contributed by atoms with Gasteiger partial charge < -0.3 is 20.7 Å². The topological polar surface area (TPSA) is 84.7 Å². The second-order valence-corrected chi connectivity index (χ2v) is 5.76. The van der Waals surface area contributed by atoms with Crippen molar-refractivity contribution in [1.82, 2.24) is 10.2 Å². The number of nitrogen functional groups attached to an aromatic ring is 1. The third-order valence-corrected chi connectivity index (χ3v) is 3.50. The minimum atomic E-state index is -0.179. The van der Waals surface area contributed by atoms with Crippen molar-refractivity contribution in [2.24, 2.45) is 0 Å². The molecule has 0 aromatic heterocycles. The molecule has 120 valence electrons. The van der Waals surface area contributed by atoms with Crippen molar-refractivity contribution in [2.75, 3.05) is 25.4 Å². The van der Waals surface area contributed by atoms with Gasteiger partial charge in [0.1, 0.15) is 5.75 Å². The van der Waals surface area contributed by atoms with Crippen molar-refractivity contribution in [3.05, 3.63) is 23.8 Å². The fourth-order valence-corrected chi connectivity index (χ4v) is 2.36. The van der Waals surface area contributed by atoms with Crippen molar-refractivity contribution in [2.45, 2.75) is 32.7 Å². The van der Waals surface area contributed by atoms with E-state index in [0.717, 1.165) is 25.9 Å². The summed E-state index contributed by atoms with van der Waals surface area (Å²) in [5, 5.41) is 2.80. The number of ether oxygens (including phenoxy) is 1. The van der Waals surface area contributed by atoms with Crippen LogP contribution in [0.3, 0.4) is 0 Å². The zero-order chi connectivity index (χ0) is 16.1. The predicted molar refractivity (Wildman–Crippen MR) is 84.8 cm³/mol. The lowest BCUT2D eigenvalue weighted by Crippen LogP contribution is -2.32. The molecule has 1 aliphatic heterocycles. The van der Waals surface area contributed by atoms with E-state index in [1.165, 1.54) is 0 Å². The van der Waals surface area contributed by atoms with Gasteiger partial charge in [0.15, 0.2) is 6.61 Å². The first kappa shape index (κ1) is 16.1. The van der Waals surface area contributed by atoms with Crippen molar-refractivity contribution < 1.29 is 14.3 Å². The van der Waals surface area contributed by atoms with E-state index < -0.39 is 0 Å². The lowest BCUT2D eigenvalue weighted by molar-refractivity contribution is -0.132. The van der Waals surface area contributed by atoms with E-state index in [0.29, 0.717) is 17.0 Å². The average molecular weight is 305 g/mol. The van der Waals surface area contributed by atoms with E-state index in [9.17, 15) is 9.59 Å². The van der Waals surface area contributed by atoms with E-state index >= 15 is 0 Å². The minimum absolute atomic E-state index is 0.0261. The standard InChI is InChI=1S/C16H23N3O3/c1-11(2)18-16(21)12-5-6-14(13(17)9-12)22-10-15(20)19-7-3-4-8-19/h5-6,9,11H,3-4,7-8,10,17H2,1-2H3,(H,18,21). The molecule has 0 aliphatic carbocycles. The number of amides is 2. The summed E-state index contributed by atoms with van der Waals surface area (Å²) in [6.45, 7) is 5.35. The third-order valence-electron chi connectivity index (χ3n) is 3.50. The normalized spacial score (nSPS) is 14.2. The molecule has 22 heavy (non-hydrogen) atoms. The van der Waals surface area contributed by atoms with Crippen molar-refractivity contribution in [3.63, 3.8) is 0 Å². The Morgan fingerprint density at radius 2 is 2.00 bits per heavy atom. The fraction of sp³-hybridized carbons (Fsp3) is 0.500. The Hall–Kier alpha value is -2.24. The van der Waals surface area contributed by atoms with Gasteiger partial charge in [0.25, 0.3) is 11.8 Å². The number of hydrogen-bond acceptors (Lipinski definition) is 4. The molecule has 2 rings (SSSR count). The van der Waals surface area contributed by atoms with Crippen molar-refractivity contribution in [1.29, 1.82) is 0 Å². The van der Waals surface area contributed by atoms with Crippen LogP contribution in [0.1, 0.15) is 37.0 Å².